The second-order valence-electron chi connectivity index (χ2n) is 5.43. The molecule has 0 radical (unpaired) electrons. The first-order chi connectivity index (χ1) is 10.2. The molecule has 0 aliphatic heterocycles. The van der Waals surface area contributed by atoms with Crippen LogP contribution in [0.1, 0.15) is 26.3 Å². The summed E-state index contributed by atoms with van der Waals surface area (Å²) in [6.45, 7) is 6.80. The lowest BCUT2D eigenvalue weighted by Gasteiger charge is -2.20. The summed E-state index contributed by atoms with van der Waals surface area (Å²) in [5, 5.41) is 7.83. The van der Waals surface area contributed by atoms with Crippen molar-refractivity contribution in [3.63, 3.8) is 0 Å². The predicted molar refractivity (Wildman–Crippen MR) is 85.5 cm³/mol. The molecule has 0 saturated heterocycles. The number of nitrogens with one attached hydrogen (secondary N) is 3. The van der Waals surface area contributed by atoms with Crippen LogP contribution >= 0.6 is 0 Å². The molecular weight excluding hydrogens is 284 g/mol. The fourth-order valence-electron chi connectivity index (χ4n) is 1.90. The van der Waals surface area contributed by atoms with E-state index in [4.69, 9.17) is 5.73 Å². The van der Waals surface area contributed by atoms with Crippen molar-refractivity contribution in [1.29, 1.82) is 0 Å². The van der Waals surface area contributed by atoms with Gasteiger partial charge in [-0.25, -0.2) is 4.79 Å². The van der Waals surface area contributed by atoms with Crippen molar-refractivity contribution in [3.05, 3.63) is 23.8 Å². The van der Waals surface area contributed by atoms with Crippen LogP contribution in [-0.4, -0.2) is 23.9 Å². The Morgan fingerprint density at radius 2 is 1.77 bits per heavy atom. The lowest BCUT2D eigenvalue weighted by Crippen LogP contribution is -2.49. The van der Waals surface area contributed by atoms with Crippen molar-refractivity contribution < 1.29 is 14.4 Å². The zero-order valence-electron chi connectivity index (χ0n) is 13.2. The average molecular weight is 306 g/mol. The number of rotatable bonds is 5. The molecule has 1 aromatic carbocycles. The summed E-state index contributed by atoms with van der Waals surface area (Å²) in [6, 6.07) is 3.87. The van der Waals surface area contributed by atoms with Crippen LogP contribution in [0.25, 0.3) is 0 Å². The first-order valence-electron chi connectivity index (χ1n) is 6.95. The second kappa shape index (κ2) is 7.44. The molecule has 0 heterocycles. The monoisotopic (exact) mass is 306 g/mol. The highest BCUT2D eigenvalue weighted by atomic mass is 16.2. The number of primary amides is 1. The minimum absolute atomic E-state index is 0.116. The lowest BCUT2D eigenvalue weighted by molar-refractivity contribution is -0.120. The molecule has 120 valence electrons. The van der Waals surface area contributed by atoms with Crippen LogP contribution in [0.4, 0.5) is 16.2 Å². The van der Waals surface area contributed by atoms with Crippen LogP contribution in [0.3, 0.4) is 0 Å². The van der Waals surface area contributed by atoms with Gasteiger partial charge in [-0.05, 0) is 30.5 Å². The van der Waals surface area contributed by atoms with Crippen molar-refractivity contribution >= 4 is 29.2 Å². The van der Waals surface area contributed by atoms with Crippen LogP contribution in [0.5, 0.6) is 0 Å². The van der Waals surface area contributed by atoms with E-state index in [1.807, 2.05) is 6.92 Å². The van der Waals surface area contributed by atoms with E-state index in [0.717, 1.165) is 5.56 Å². The molecule has 5 N–H and O–H groups in total. The SMILES string of the molecule is CC(=O)Nc1ccc(C)c(NC(=O)N[C@@H](C(N)=O)C(C)C)c1. The zero-order chi connectivity index (χ0) is 16.9. The molecule has 0 aliphatic rings. The van der Waals surface area contributed by atoms with Gasteiger partial charge in [0, 0.05) is 18.3 Å². The Hall–Kier alpha value is -2.57. The fraction of sp³-hybridized carbons (Fsp3) is 0.400. The Morgan fingerprint density at radius 3 is 2.27 bits per heavy atom. The van der Waals surface area contributed by atoms with Crippen LogP contribution in [0, 0.1) is 12.8 Å². The van der Waals surface area contributed by atoms with Gasteiger partial charge in [-0.3, -0.25) is 9.59 Å². The molecule has 0 aromatic heterocycles. The Kier molecular flexibility index (Phi) is 5.91. The van der Waals surface area contributed by atoms with Crippen LogP contribution < -0.4 is 21.7 Å². The maximum atomic E-state index is 12.0. The first-order valence-corrected chi connectivity index (χ1v) is 6.95. The third-order valence-corrected chi connectivity index (χ3v) is 3.07. The third-order valence-electron chi connectivity index (χ3n) is 3.07. The maximum absolute atomic E-state index is 12.0. The Morgan fingerprint density at radius 1 is 1.14 bits per heavy atom. The van der Waals surface area contributed by atoms with Gasteiger partial charge in [0.05, 0.1) is 0 Å². The molecule has 1 atom stereocenters. The summed E-state index contributed by atoms with van der Waals surface area (Å²) in [5.41, 5.74) is 7.19. The van der Waals surface area contributed by atoms with Crippen LogP contribution in [0.2, 0.25) is 0 Å². The van der Waals surface area contributed by atoms with Gasteiger partial charge in [0.25, 0.3) is 0 Å². The molecule has 0 saturated carbocycles. The third kappa shape index (κ3) is 5.08. The highest BCUT2D eigenvalue weighted by molar-refractivity contribution is 5.95. The van der Waals surface area contributed by atoms with E-state index < -0.39 is 18.0 Å². The molecule has 0 spiro atoms. The highest BCUT2D eigenvalue weighted by Crippen LogP contribution is 2.20. The van der Waals surface area contributed by atoms with Gasteiger partial charge in [-0.15, -0.1) is 0 Å². The predicted octanol–water partition coefficient (Wildman–Crippen LogP) is 1.58. The van der Waals surface area contributed by atoms with E-state index in [2.05, 4.69) is 16.0 Å². The fourth-order valence-corrected chi connectivity index (χ4v) is 1.90. The van der Waals surface area contributed by atoms with Gasteiger partial charge in [0.15, 0.2) is 0 Å². The quantitative estimate of drug-likeness (QED) is 0.662. The molecule has 7 nitrogen and oxygen atoms in total. The normalized spacial score (nSPS) is 11.7. The first kappa shape index (κ1) is 17.5. The number of benzene rings is 1. The largest absolute Gasteiger partial charge is 0.368 e. The number of aryl methyl sites for hydroxylation is 1. The molecule has 0 fully saturated rings. The van der Waals surface area contributed by atoms with E-state index in [-0.39, 0.29) is 11.8 Å². The number of carbonyl (C=O) groups excluding carboxylic acids is 3. The van der Waals surface area contributed by atoms with Gasteiger partial charge < -0.3 is 21.7 Å². The molecule has 0 unspecified atom stereocenters. The molecule has 1 aromatic rings. The highest BCUT2D eigenvalue weighted by Gasteiger charge is 2.21. The number of urea groups is 1. The molecular formula is C15H22N4O3. The van der Waals surface area contributed by atoms with Crippen molar-refractivity contribution in [2.45, 2.75) is 33.7 Å². The second-order valence-corrected chi connectivity index (χ2v) is 5.43. The number of amides is 4. The van der Waals surface area contributed by atoms with Gasteiger partial charge in [-0.2, -0.15) is 0 Å². The lowest BCUT2D eigenvalue weighted by atomic mass is 10.0. The van der Waals surface area contributed by atoms with Crippen molar-refractivity contribution in [2.24, 2.45) is 11.7 Å². The molecule has 1 rings (SSSR count). The van der Waals surface area contributed by atoms with Crippen molar-refractivity contribution in [3.8, 4) is 0 Å². The van der Waals surface area contributed by atoms with Crippen molar-refractivity contribution in [2.75, 3.05) is 10.6 Å². The van der Waals surface area contributed by atoms with Crippen LogP contribution in [0.15, 0.2) is 18.2 Å². The van der Waals surface area contributed by atoms with E-state index in [0.29, 0.717) is 11.4 Å². The van der Waals surface area contributed by atoms with E-state index in [9.17, 15) is 14.4 Å². The number of nitrogens with two attached hydrogens (primary N) is 1. The van der Waals surface area contributed by atoms with Gasteiger partial charge >= 0.3 is 6.03 Å². The van der Waals surface area contributed by atoms with E-state index in [1.165, 1.54) is 6.92 Å². The van der Waals surface area contributed by atoms with Gasteiger partial charge in [-0.1, -0.05) is 19.9 Å². The Balaban J connectivity index is 2.83. The van der Waals surface area contributed by atoms with Gasteiger partial charge in [0.1, 0.15) is 6.04 Å². The summed E-state index contributed by atoms with van der Waals surface area (Å²) in [7, 11) is 0. The number of hydrogen-bond donors (Lipinski definition) is 4. The summed E-state index contributed by atoms with van der Waals surface area (Å²) in [6.07, 6.45) is 0. The maximum Gasteiger partial charge on any atom is 0.319 e. The van der Waals surface area contributed by atoms with Crippen LogP contribution in [-0.2, 0) is 9.59 Å². The molecule has 0 bridgehead atoms. The Labute approximate surface area is 129 Å². The number of carbonyl (C=O) groups is 3. The number of anilines is 2. The topological polar surface area (TPSA) is 113 Å². The minimum Gasteiger partial charge on any atom is -0.368 e. The van der Waals surface area contributed by atoms with Gasteiger partial charge in [0.2, 0.25) is 11.8 Å². The number of hydrogen-bond acceptors (Lipinski definition) is 3. The molecule has 22 heavy (non-hydrogen) atoms. The summed E-state index contributed by atoms with van der Waals surface area (Å²) < 4.78 is 0. The average Bonchev–Trinajstić information content (AvgIpc) is 2.38. The zero-order valence-corrected chi connectivity index (χ0v) is 13.2. The summed E-state index contributed by atoms with van der Waals surface area (Å²) in [5.74, 6) is -0.906. The molecule has 0 aliphatic carbocycles. The smallest absolute Gasteiger partial charge is 0.319 e. The molecule has 4 amide bonds. The Bertz CT molecular complexity index is 584. The standard InChI is InChI=1S/C15H22N4O3/c1-8(2)13(14(16)21)19-15(22)18-12-7-11(17-10(4)20)6-5-9(12)3/h5-8,13H,1-4H3,(H2,16,21)(H,17,20)(H2,18,19,22)/t13-/m1/s1. The van der Waals surface area contributed by atoms with E-state index >= 15 is 0 Å². The van der Waals surface area contributed by atoms with Crippen molar-refractivity contribution in [1.82, 2.24) is 5.32 Å². The summed E-state index contributed by atoms with van der Waals surface area (Å²) >= 11 is 0. The summed E-state index contributed by atoms with van der Waals surface area (Å²) in [4.78, 5) is 34.4. The van der Waals surface area contributed by atoms with E-state index in [1.54, 1.807) is 32.0 Å². The minimum atomic E-state index is -0.751. The molecule has 7 heteroatoms.